The first-order chi connectivity index (χ1) is 8.10. The van der Waals surface area contributed by atoms with Crippen molar-refractivity contribution in [3.05, 3.63) is 35.9 Å². The summed E-state index contributed by atoms with van der Waals surface area (Å²) in [6.45, 7) is 7.06. The van der Waals surface area contributed by atoms with Gasteiger partial charge in [-0.2, -0.15) is 0 Å². The molecular weight excluding hydrogens is 206 g/mol. The van der Waals surface area contributed by atoms with Gasteiger partial charge < -0.3 is 5.32 Å². The predicted molar refractivity (Wildman–Crippen MR) is 74.2 cm³/mol. The summed E-state index contributed by atoms with van der Waals surface area (Å²) in [6.07, 6.45) is 2.58. The van der Waals surface area contributed by atoms with Crippen LogP contribution < -0.4 is 5.32 Å². The van der Waals surface area contributed by atoms with Gasteiger partial charge in [-0.1, -0.05) is 51.1 Å². The maximum Gasteiger partial charge on any atom is 0.0149 e. The third-order valence-corrected chi connectivity index (χ3v) is 4.56. The molecule has 1 aromatic carbocycles. The normalized spacial score (nSPS) is 25.6. The van der Waals surface area contributed by atoms with Crippen molar-refractivity contribution in [2.45, 2.75) is 45.6 Å². The molecule has 0 radical (unpaired) electrons. The molecule has 94 valence electrons. The molecule has 0 amide bonds. The van der Waals surface area contributed by atoms with Gasteiger partial charge in [0.25, 0.3) is 0 Å². The largest absolute Gasteiger partial charge is 0.316 e. The molecule has 2 rings (SSSR count). The van der Waals surface area contributed by atoms with Crippen LogP contribution in [-0.4, -0.2) is 13.1 Å². The Balaban J connectivity index is 2.07. The lowest BCUT2D eigenvalue weighted by Crippen LogP contribution is -2.41. The number of benzene rings is 1. The molecule has 1 N–H and O–H groups in total. The van der Waals surface area contributed by atoms with Crippen molar-refractivity contribution < 1.29 is 0 Å². The van der Waals surface area contributed by atoms with E-state index >= 15 is 0 Å². The van der Waals surface area contributed by atoms with E-state index in [-0.39, 0.29) is 0 Å². The van der Waals surface area contributed by atoms with E-state index in [1.54, 1.807) is 0 Å². The van der Waals surface area contributed by atoms with E-state index in [0.717, 1.165) is 11.8 Å². The van der Waals surface area contributed by atoms with Crippen LogP contribution in [0.5, 0.6) is 0 Å². The summed E-state index contributed by atoms with van der Waals surface area (Å²) in [4.78, 5) is 0. The first-order valence-corrected chi connectivity index (χ1v) is 6.82. The Labute approximate surface area is 106 Å². The summed E-state index contributed by atoms with van der Waals surface area (Å²) in [7, 11) is 2.11. The Kier molecular flexibility index (Phi) is 3.58. The Hall–Kier alpha value is -0.820. The zero-order chi connectivity index (χ0) is 12.5. The fourth-order valence-electron chi connectivity index (χ4n) is 3.07. The lowest BCUT2D eigenvalue weighted by Gasteiger charge is -2.34. The van der Waals surface area contributed by atoms with Crippen molar-refractivity contribution in [1.82, 2.24) is 5.32 Å². The first kappa shape index (κ1) is 12.6. The van der Waals surface area contributed by atoms with Gasteiger partial charge in [-0.3, -0.25) is 0 Å². The van der Waals surface area contributed by atoms with E-state index in [2.05, 4.69) is 63.5 Å². The predicted octanol–water partition coefficient (Wildman–Crippen LogP) is 3.81. The molecule has 1 heteroatoms. The van der Waals surface area contributed by atoms with E-state index < -0.39 is 0 Å². The Morgan fingerprint density at radius 2 is 1.94 bits per heavy atom. The van der Waals surface area contributed by atoms with Crippen molar-refractivity contribution in [3.63, 3.8) is 0 Å². The van der Waals surface area contributed by atoms with Crippen LogP contribution in [0.1, 0.15) is 45.1 Å². The summed E-state index contributed by atoms with van der Waals surface area (Å²) < 4.78 is 0. The second-order valence-corrected chi connectivity index (χ2v) is 6.03. The fourth-order valence-corrected chi connectivity index (χ4v) is 3.07. The second kappa shape index (κ2) is 4.81. The van der Waals surface area contributed by atoms with Gasteiger partial charge in [0.05, 0.1) is 0 Å². The van der Waals surface area contributed by atoms with Crippen LogP contribution >= 0.6 is 0 Å². The molecule has 3 atom stereocenters. The highest BCUT2D eigenvalue weighted by Crippen LogP contribution is 2.53. The molecule has 1 aromatic rings. The minimum atomic E-state index is 0.392. The molecule has 1 fully saturated rings. The number of hydrogen-bond donors (Lipinski definition) is 1. The molecule has 0 spiro atoms. The van der Waals surface area contributed by atoms with E-state index in [0.29, 0.717) is 11.5 Å². The van der Waals surface area contributed by atoms with Gasteiger partial charge in [-0.05, 0) is 42.7 Å². The Morgan fingerprint density at radius 3 is 2.47 bits per heavy atom. The SMILES string of the molecule is CCC(C)(C)C(NC)C1CC1c1ccccc1. The maximum absolute atomic E-state index is 3.55. The zero-order valence-corrected chi connectivity index (χ0v) is 11.5. The molecule has 0 bridgehead atoms. The lowest BCUT2D eigenvalue weighted by atomic mass is 9.78. The average molecular weight is 231 g/mol. The van der Waals surface area contributed by atoms with Crippen LogP contribution in [0.3, 0.4) is 0 Å². The highest BCUT2D eigenvalue weighted by atomic mass is 14.9. The third kappa shape index (κ3) is 2.55. The quantitative estimate of drug-likeness (QED) is 0.812. The Morgan fingerprint density at radius 1 is 1.29 bits per heavy atom. The molecule has 1 nitrogen and oxygen atoms in total. The highest BCUT2D eigenvalue weighted by Gasteiger charge is 2.47. The molecule has 1 aliphatic carbocycles. The van der Waals surface area contributed by atoms with Gasteiger partial charge in [-0.15, -0.1) is 0 Å². The van der Waals surface area contributed by atoms with Crippen LogP contribution in [0.25, 0.3) is 0 Å². The summed E-state index contributed by atoms with van der Waals surface area (Å²) >= 11 is 0. The minimum absolute atomic E-state index is 0.392. The van der Waals surface area contributed by atoms with Crippen LogP contribution in [0.2, 0.25) is 0 Å². The average Bonchev–Trinajstić information content (AvgIpc) is 3.11. The standard InChI is InChI=1S/C16H25N/c1-5-16(2,3)15(17-4)14-11-13(14)12-9-7-6-8-10-12/h6-10,13-15,17H,5,11H2,1-4H3. The molecule has 17 heavy (non-hydrogen) atoms. The van der Waals surface area contributed by atoms with Crippen LogP contribution in [-0.2, 0) is 0 Å². The van der Waals surface area contributed by atoms with E-state index in [9.17, 15) is 0 Å². The lowest BCUT2D eigenvalue weighted by molar-refractivity contribution is 0.216. The van der Waals surface area contributed by atoms with Gasteiger partial charge in [0.1, 0.15) is 0 Å². The van der Waals surface area contributed by atoms with Gasteiger partial charge in [0, 0.05) is 6.04 Å². The van der Waals surface area contributed by atoms with Crippen molar-refractivity contribution >= 4 is 0 Å². The topological polar surface area (TPSA) is 12.0 Å². The van der Waals surface area contributed by atoms with E-state index in [1.807, 2.05) is 0 Å². The Bertz CT molecular complexity index is 355. The highest BCUT2D eigenvalue weighted by molar-refractivity contribution is 5.27. The minimum Gasteiger partial charge on any atom is -0.316 e. The number of nitrogens with one attached hydrogen (secondary N) is 1. The molecule has 1 aliphatic rings. The van der Waals surface area contributed by atoms with Crippen molar-refractivity contribution in [3.8, 4) is 0 Å². The monoisotopic (exact) mass is 231 g/mol. The maximum atomic E-state index is 3.55. The van der Waals surface area contributed by atoms with Gasteiger partial charge in [0.15, 0.2) is 0 Å². The third-order valence-electron chi connectivity index (χ3n) is 4.56. The van der Waals surface area contributed by atoms with Gasteiger partial charge in [0.2, 0.25) is 0 Å². The van der Waals surface area contributed by atoms with Gasteiger partial charge in [-0.25, -0.2) is 0 Å². The molecule has 0 aliphatic heterocycles. The second-order valence-electron chi connectivity index (χ2n) is 6.03. The molecule has 0 aromatic heterocycles. The van der Waals surface area contributed by atoms with Crippen molar-refractivity contribution in [2.75, 3.05) is 7.05 Å². The molecule has 0 saturated heterocycles. The first-order valence-electron chi connectivity index (χ1n) is 6.82. The smallest absolute Gasteiger partial charge is 0.0149 e. The van der Waals surface area contributed by atoms with Crippen LogP contribution in [0.15, 0.2) is 30.3 Å². The summed E-state index contributed by atoms with van der Waals surface area (Å²) in [6, 6.07) is 11.6. The molecule has 0 heterocycles. The van der Waals surface area contributed by atoms with Crippen molar-refractivity contribution in [2.24, 2.45) is 11.3 Å². The zero-order valence-electron chi connectivity index (χ0n) is 11.5. The van der Waals surface area contributed by atoms with Gasteiger partial charge >= 0.3 is 0 Å². The van der Waals surface area contributed by atoms with Crippen LogP contribution in [0.4, 0.5) is 0 Å². The summed E-state index contributed by atoms with van der Waals surface area (Å²) in [5.41, 5.74) is 1.91. The summed E-state index contributed by atoms with van der Waals surface area (Å²) in [5, 5.41) is 3.55. The molecule has 1 saturated carbocycles. The van der Waals surface area contributed by atoms with Crippen molar-refractivity contribution in [1.29, 1.82) is 0 Å². The van der Waals surface area contributed by atoms with E-state index in [1.165, 1.54) is 18.4 Å². The molecule has 3 unspecified atom stereocenters. The fraction of sp³-hybridized carbons (Fsp3) is 0.625. The summed E-state index contributed by atoms with van der Waals surface area (Å²) in [5.74, 6) is 1.59. The number of rotatable bonds is 5. The van der Waals surface area contributed by atoms with Crippen LogP contribution in [0, 0.1) is 11.3 Å². The number of hydrogen-bond acceptors (Lipinski definition) is 1. The molecular formula is C16H25N. The van der Waals surface area contributed by atoms with E-state index in [4.69, 9.17) is 0 Å².